The zero-order valence-corrected chi connectivity index (χ0v) is 19.2. The van der Waals surface area contributed by atoms with E-state index in [1.54, 1.807) is 11.3 Å². The fraction of sp³-hybridized carbons (Fsp3) is 0.429. The van der Waals surface area contributed by atoms with Crippen LogP contribution in [0.25, 0.3) is 0 Å². The Morgan fingerprint density at radius 3 is 2.30 bits per heavy atom. The predicted molar refractivity (Wildman–Crippen MR) is 119 cm³/mol. The number of hydrogen-bond acceptors (Lipinski definition) is 6. The van der Waals surface area contributed by atoms with Crippen molar-refractivity contribution in [3.05, 3.63) is 52.2 Å². The van der Waals surface area contributed by atoms with Crippen LogP contribution in [0.15, 0.2) is 46.0 Å². The van der Waals surface area contributed by atoms with Crippen molar-refractivity contribution in [2.45, 2.75) is 38.1 Å². The lowest BCUT2D eigenvalue weighted by Crippen LogP contribution is -2.38. The third-order valence-corrected chi connectivity index (χ3v) is 7.07. The Kier molecular flexibility index (Phi) is 9.16. The van der Waals surface area contributed by atoms with Crippen molar-refractivity contribution in [2.24, 2.45) is 0 Å². The molecule has 2 aromatic rings. The quantitative estimate of drug-likeness (QED) is 0.484. The number of sulfonamides is 1. The van der Waals surface area contributed by atoms with E-state index >= 15 is 0 Å². The van der Waals surface area contributed by atoms with E-state index in [4.69, 9.17) is 0 Å². The van der Waals surface area contributed by atoms with E-state index < -0.39 is 10.0 Å². The molecule has 1 unspecified atom stereocenters. The number of likely N-dealkylation sites (N-methyl/N-ethyl adjacent to an activating group) is 1. The number of thiophene rings is 1. The number of nitrogens with zero attached hydrogens (tertiary/aromatic N) is 1. The van der Waals surface area contributed by atoms with E-state index in [0.717, 1.165) is 13.1 Å². The summed E-state index contributed by atoms with van der Waals surface area (Å²) in [7, 11) is -3.73. The molecule has 0 fully saturated rings. The Morgan fingerprint density at radius 1 is 1.10 bits per heavy atom. The molecular weight excluding hydrogens is 422 g/mol. The number of Topliss-reactive ketones (excluding diaryl/α,β-unsaturated/α-hetero) is 1. The highest BCUT2D eigenvalue weighted by Crippen LogP contribution is 2.22. The van der Waals surface area contributed by atoms with Crippen LogP contribution < -0.4 is 10.0 Å². The highest BCUT2D eigenvalue weighted by molar-refractivity contribution is 7.89. The summed E-state index contributed by atoms with van der Waals surface area (Å²) >= 11 is 1.62. The summed E-state index contributed by atoms with van der Waals surface area (Å²) in [6.45, 7) is 7.80. The van der Waals surface area contributed by atoms with Gasteiger partial charge in [0, 0.05) is 25.1 Å². The van der Waals surface area contributed by atoms with Crippen LogP contribution in [0.5, 0.6) is 0 Å². The summed E-state index contributed by atoms with van der Waals surface area (Å²) in [5.74, 6) is -0.342. The molecule has 9 heteroatoms. The van der Waals surface area contributed by atoms with Crippen molar-refractivity contribution in [3.8, 4) is 0 Å². The van der Waals surface area contributed by atoms with E-state index in [1.807, 2.05) is 5.38 Å². The van der Waals surface area contributed by atoms with Gasteiger partial charge in [-0.15, -0.1) is 0 Å². The summed E-state index contributed by atoms with van der Waals surface area (Å²) in [5.41, 5.74) is 1.61. The monoisotopic (exact) mass is 451 g/mol. The van der Waals surface area contributed by atoms with Gasteiger partial charge >= 0.3 is 0 Å². The highest BCUT2D eigenvalue weighted by atomic mass is 32.2. The summed E-state index contributed by atoms with van der Waals surface area (Å²) in [6.07, 6.45) is 0.0410. The van der Waals surface area contributed by atoms with Gasteiger partial charge in [-0.3, -0.25) is 14.5 Å². The zero-order valence-electron chi connectivity index (χ0n) is 17.6. The van der Waals surface area contributed by atoms with Gasteiger partial charge in [-0.05, 0) is 54.5 Å². The first-order valence-electron chi connectivity index (χ1n) is 9.92. The maximum Gasteiger partial charge on any atom is 0.240 e. The fourth-order valence-corrected chi connectivity index (χ4v) is 4.88. The van der Waals surface area contributed by atoms with Gasteiger partial charge in [0.15, 0.2) is 5.78 Å². The van der Waals surface area contributed by atoms with Gasteiger partial charge in [0.05, 0.1) is 10.9 Å². The van der Waals surface area contributed by atoms with Gasteiger partial charge in [-0.25, -0.2) is 13.1 Å². The molecule has 1 atom stereocenters. The topological polar surface area (TPSA) is 95.6 Å². The molecular formula is C21H29N3O4S2. The summed E-state index contributed by atoms with van der Waals surface area (Å²) < 4.78 is 27.1. The van der Waals surface area contributed by atoms with Crippen LogP contribution in [0.4, 0.5) is 0 Å². The molecule has 7 nitrogen and oxygen atoms in total. The average molecular weight is 452 g/mol. The molecule has 0 spiro atoms. The van der Waals surface area contributed by atoms with Gasteiger partial charge in [-0.1, -0.05) is 26.0 Å². The van der Waals surface area contributed by atoms with Gasteiger partial charge < -0.3 is 5.32 Å². The maximum atomic E-state index is 12.4. The molecule has 0 saturated heterocycles. The van der Waals surface area contributed by atoms with Gasteiger partial charge in [0.2, 0.25) is 15.9 Å². The number of ketones is 1. The number of rotatable bonds is 12. The van der Waals surface area contributed by atoms with E-state index in [-0.39, 0.29) is 35.6 Å². The number of carbonyl (C=O) groups is 2. The summed E-state index contributed by atoms with van der Waals surface area (Å²) in [5, 5.41) is 7.02. The first-order chi connectivity index (χ1) is 14.3. The molecule has 0 aliphatic rings. The van der Waals surface area contributed by atoms with E-state index in [0.29, 0.717) is 12.1 Å². The van der Waals surface area contributed by atoms with Crippen molar-refractivity contribution in [2.75, 3.05) is 26.2 Å². The minimum Gasteiger partial charge on any atom is -0.354 e. The Hall–Kier alpha value is -2.07. The second kappa shape index (κ2) is 11.4. The molecule has 30 heavy (non-hydrogen) atoms. The molecule has 0 saturated carbocycles. The molecule has 1 heterocycles. The molecule has 0 aliphatic heterocycles. The smallest absolute Gasteiger partial charge is 0.240 e. The van der Waals surface area contributed by atoms with Crippen LogP contribution >= 0.6 is 11.3 Å². The van der Waals surface area contributed by atoms with Crippen molar-refractivity contribution in [3.63, 3.8) is 0 Å². The van der Waals surface area contributed by atoms with Gasteiger partial charge in [0.1, 0.15) is 0 Å². The van der Waals surface area contributed by atoms with E-state index in [9.17, 15) is 18.0 Å². The van der Waals surface area contributed by atoms with Crippen LogP contribution in [0.3, 0.4) is 0 Å². The second-order valence-electron chi connectivity index (χ2n) is 6.83. The molecule has 0 radical (unpaired) electrons. The Balaban J connectivity index is 1.86. The largest absolute Gasteiger partial charge is 0.354 e. The van der Waals surface area contributed by atoms with Gasteiger partial charge in [0.25, 0.3) is 0 Å². The molecule has 0 bridgehead atoms. The van der Waals surface area contributed by atoms with Crippen LogP contribution in [0.1, 0.15) is 49.2 Å². The minimum absolute atomic E-state index is 0.00296. The number of benzene rings is 1. The van der Waals surface area contributed by atoms with Crippen molar-refractivity contribution in [1.29, 1.82) is 0 Å². The lowest BCUT2D eigenvalue weighted by molar-refractivity contribution is -0.121. The predicted octanol–water partition coefficient (Wildman–Crippen LogP) is 2.82. The minimum atomic E-state index is -3.73. The molecule has 2 N–H and O–H groups in total. The standard InChI is InChI=1S/C21H29N3O4S2/c1-4-24(5-2)20(18-11-13-29-15-18)14-22-21(26)10-12-23-30(27,28)19-8-6-17(7-9-19)16(3)25/h6-9,11,13,15,20,23H,4-5,10,12,14H2,1-3H3,(H,22,26). The number of nitrogens with one attached hydrogen (secondary N) is 2. The zero-order chi connectivity index (χ0) is 22.1. The van der Waals surface area contributed by atoms with Crippen LogP contribution in [0.2, 0.25) is 0 Å². The number of hydrogen-bond donors (Lipinski definition) is 2. The molecule has 1 aromatic carbocycles. The second-order valence-corrected chi connectivity index (χ2v) is 9.37. The van der Waals surface area contributed by atoms with Crippen molar-refractivity contribution in [1.82, 2.24) is 14.9 Å². The van der Waals surface area contributed by atoms with E-state index in [1.165, 1.54) is 36.8 Å². The molecule has 2 rings (SSSR count). The average Bonchev–Trinajstić information content (AvgIpc) is 3.25. The lowest BCUT2D eigenvalue weighted by Gasteiger charge is -2.29. The number of carbonyl (C=O) groups excluding carboxylic acids is 2. The highest BCUT2D eigenvalue weighted by Gasteiger charge is 2.20. The van der Waals surface area contributed by atoms with E-state index in [2.05, 4.69) is 40.2 Å². The first kappa shape index (κ1) is 24.2. The fourth-order valence-electron chi connectivity index (χ4n) is 3.14. The third kappa shape index (κ3) is 6.73. The van der Waals surface area contributed by atoms with Gasteiger partial charge in [-0.2, -0.15) is 11.3 Å². The molecule has 164 valence electrons. The van der Waals surface area contributed by atoms with Crippen molar-refractivity contribution < 1.29 is 18.0 Å². The molecule has 0 aliphatic carbocycles. The van der Waals surface area contributed by atoms with Crippen LogP contribution in [-0.2, 0) is 14.8 Å². The van der Waals surface area contributed by atoms with Crippen LogP contribution in [0, 0.1) is 0 Å². The molecule has 1 aromatic heterocycles. The first-order valence-corrected chi connectivity index (χ1v) is 12.3. The lowest BCUT2D eigenvalue weighted by atomic mass is 10.1. The maximum absolute atomic E-state index is 12.4. The number of amides is 1. The summed E-state index contributed by atoms with van der Waals surface area (Å²) in [4.78, 5) is 25.9. The van der Waals surface area contributed by atoms with Crippen LogP contribution in [-0.4, -0.2) is 51.2 Å². The summed E-state index contributed by atoms with van der Waals surface area (Å²) in [6, 6.07) is 7.86. The third-order valence-electron chi connectivity index (χ3n) is 4.89. The Labute approximate surface area is 182 Å². The SMILES string of the molecule is CCN(CC)C(CNC(=O)CCNS(=O)(=O)c1ccc(C(C)=O)cc1)c1ccsc1. The molecule has 1 amide bonds. The van der Waals surface area contributed by atoms with Crippen molar-refractivity contribution >= 4 is 33.1 Å². The normalized spacial score (nSPS) is 12.7. The Morgan fingerprint density at radius 2 is 1.77 bits per heavy atom. The Bertz CT molecular complexity index is 922.